The molecule has 0 spiro atoms. The molecule has 0 bridgehead atoms. The van der Waals surface area contributed by atoms with E-state index in [9.17, 15) is 4.79 Å². The monoisotopic (exact) mass is 245 g/mol. The van der Waals surface area contributed by atoms with Crippen molar-refractivity contribution in [2.24, 2.45) is 5.92 Å². The van der Waals surface area contributed by atoms with Crippen LogP contribution in [-0.2, 0) is 6.54 Å². The summed E-state index contributed by atoms with van der Waals surface area (Å²) in [6, 6.07) is 7.57. The molecule has 0 radical (unpaired) electrons. The van der Waals surface area contributed by atoms with Crippen molar-refractivity contribution in [1.29, 1.82) is 0 Å². The van der Waals surface area contributed by atoms with Crippen LogP contribution in [0.4, 0.5) is 0 Å². The molecule has 0 aliphatic carbocycles. The number of nitrogens with one attached hydrogen (secondary N) is 1. The van der Waals surface area contributed by atoms with Crippen LogP contribution in [0.3, 0.4) is 0 Å². The second-order valence-electron chi connectivity index (χ2n) is 4.63. The van der Waals surface area contributed by atoms with E-state index < -0.39 is 0 Å². The van der Waals surface area contributed by atoms with Gasteiger partial charge in [0.15, 0.2) is 0 Å². The van der Waals surface area contributed by atoms with Crippen LogP contribution in [0.2, 0.25) is 0 Å². The van der Waals surface area contributed by atoms with Crippen molar-refractivity contribution in [3.8, 4) is 0 Å². The third-order valence-corrected chi connectivity index (χ3v) is 2.99. The van der Waals surface area contributed by atoms with Crippen LogP contribution in [0.15, 0.2) is 35.3 Å². The van der Waals surface area contributed by atoms with Crippen molar-refractivity contribution in [3.05, 3.63) is 40.8 Å². The third-order valence-electron chi connectivity index (χ3n) is 2.99. The number of benzene rings is 1. The molecule has 4 heteroatoms. The topological polar surface area (TPSA) is 46.9 Å². The maximum absolute atomic E-state index is 12.2. The second kappa shape index (κ2) is 5.78. The highest BCUT2D eigenvalue weighted by Crippen LogP contribution is 2.07. The largest absolute Gasteiger partial charge is 0.317 e. The first-order valence-corrected chi connectivity index (χ1v) is 6.38. The minimum atomic E-state index is -0.00329. The van der Waals surface area contributed by atoms with Crippen LogP contribution in [-0.4, -0.2) is 22.9 Å². The first-order valence-electron chi connectivity index (χ1n) is 6.38. The van der Waals surface area contributed by atoms with E-state index in [-0.39, 0.29) is 5.56 Å². The normalized spacial score (nSPS) is 12.8. The highest BCUT2D eigenvalue weighted by molar-refractivity contribution is 5.80. The molecule has 18 heavy (non-hydrogen) atoms. The molecule has 96 valence electrons. The van der Waals surface area contributed by atoms with Crippen LogP contribution in [0.5, 0.6) is 0 Å². The van der Waals surface area contributed by atoms with Crippen LogP contribution in [0, 0.1) is 5.92 Å². The van der Waals surface area contributed by atoms with Crippen molar-refractivity contribution < 1.29 is 0 Å². The second-order valence-corrected chi connectivity index (χ2v) is 4.63. The Hall–Kier alpha value is -1.68. The molecular weight excluding hydrogens is 226 g/mol. The van der Waals surface area contributed by atoms with Gasteiger partial charge in [0.25, 0.3) is 5.56 Å². The molecule has 0 aliphatic heterocycles. The smallest absolute Gasteiger partial charge is 0.274 e. The first kappa shape index (κ1) is 12.8. The van der Waals surface area contributed by atoms with Gasteiger partial charge in [0, 0.05) is 11.9 Å². The zero-order valence-corrected chi connectivity index (χ0v) is 10.9. The summed E-state index contributed by atoms with van der Waals surface area (Å²) in [5, 5.41) is 9.15. The summed E-state index contributed by atoms with van der Waals surface area (Å²) in [5.74, 6) is 0.385. The maximum Gasteiger partial charge on any atom is 0.274 e. The molecule has 2 rings (SSSR count). The maximum atomic E-state index is 12.2. The van der Waals surface area contributed by atoms with Gasteiger partial charge in [0.2, 0.25) is 0 Å². The Morgan fingerprint density at radius 2 is 2.17 bits per heavy atom. The highest BCUT2D eigenvalue weighted by Gasteiger charge is 2.07. The minimum Gasteiger partial charge on any atom is -0.317 e. The van der Waals surface area contributed by atoms with Gasteiger partial charge < -0.3 is 5.32 Å². The van der Waals surface area contributed by atoms with Gasteiger partial charge in [-0.25, -0.2) is 4.68 Å². The molecule has 1 aromatic carbocycles. The van der Waals surface area contributed by atoms with Crippen molar-refractivity contribution in [3.63, 3.8) is 0 Å². The Kier molecular flexibility index (Phi) is 4.10. The lowest BCUT2D eigenvalue weighted by Gasteiger charge is -2.13. The molecule has 1 aromatic heterocycles. The number of hydrogen-bond donors (Lipinski definition) is 1. The molecule has 1 N–H and O–H groups in total. The molecule has 1 heterocycles. The zero-order chi connectivity index (χ0) is 13.0. The summed E-state index contributed by atoms with van der Waals surface area (Å²) in [6.45, 7) is 6.69. The number of nitrogens with zero attached hydrogens (tertiary/aromatic N) is 2. The van der Waals surface area contributed by atoms with E-state index in [1.165, 1.54) is 0 Å². The van der Waals surface area contributed by atoms with E-state index in [1.54, 1.807) is 10.9 Å². The highest BCUT2D eigenvalue weighted by atomic mass is 16.1. The Morgan fingerprint density at radius 1 is 1.39 bits per heavy atom. The first-order chi connectivity index (χ1) is 8.72. The molecule has 4 nitrogen and oxygen atoms in total. The van der Waals surface area contributed by atoms with Gasteiger partial charge in [0.1, 0.15) is 0 Å². The van der Waals surface area contributed by atoms with Gasteiger partial charge in [-0.15, -0.1) is 0 Å². The van der Waals surface area contributed by atoms with E-state index >= 15 is 0 Å². The Balaban J connectivity index is 2.24. The summed E-state index contributed by atoms with van der Waals surface area (Å²) < 4.78 is 1.56. The van der Waals surface area contributed by atoms with Gasteiger partial charge in [-0.05, 0) is 25.1 Å². The predicted octanol–water partition coefficient (Wildman–Crippen LogP) is 1.64. The summed E-state index contributed by atoms with van der Waals surface area (Å²) in [6.07, 6.45) is 1.76. The molecule has 1 unspecified atom stereocenters. The Bertz CT molecular complexity index is 577. The lowest BCUT2D eigenvalue weighted by Crippen LogP contribution is -2.30. The molecule has 2 aromatic rings. The zero-order valence-electron chi connectivity index (χ0n) is 10.9. The molecule has 0 saturated heterocycles. The fourth-order valence-corrected chi connectivity index (χ4v) is 2.01. The van der Waals surface area contributed by atoms with E-state index in [2.05, 4.69) is 24.3 Å². The van der Waals surface area contributed by atoms with Gasteiger partial charge in [0.05, 0.1) is 11.6 Å². The van der Waals surface area contributed by atoms with Gasteiger partial charge >= 0.3 is 0 Å². The SMILES string of the molecule is CCNCC(C)Cn1ncc2ccccc2c1=O. The van der Waals surface area contributed by atoms with Crippen LogP contribution >= 0.6 is 0 Å². The number of rotatable bonds is 5. The molecule has 0 fully saturated rings. The van der Waals surface area contributed by atoms with E-state index in [0.29, 0.717) is 12.5 Å². The lowest BCUT2D eigenvalue weighted by atomic mass is 10.1. The molecule has 1 atom stereocenters. The van der Waals surface area contributed by atoms with Crippen LogP contribution in [0.1, 0.15) is 13.8 Å². The Morgan fingerprint density at radius 3 is 2.94 bits per heavy atom. The fourth-order valence-electron chi connectivity index (χ4n) is 2.01. The number of fused-ring (bicyclic) bond motifs is 1. The summed E-state index contributed by atoms with van der Waals surface area (Å²) in [7, 11) is 0. The third kappa shape index (κ3) is 2.76. The molecule has 0 aliphatic rings. The minimum absolute atomic E-state index is 0.00329. The summed E-state index contributed by atoms with van der Waals surface area (Å²) in [4.78, 5) is 12.2. The standard InChI is InChI=1S/C14H19N3O/c1-3-15-8-11(2)10-17-14(18)13-7-5-4-6-12(13)9-16-17/h4-7,9,11,15H,3,8,10H2,1-2H3. The lowest BCUT2D eigenvalue weighted by molar-refractivity contribution is 0.416. The van der Waals surface area contributed by atoms with Crippen molar-refractivity contribution >= 4 is 10.8 Å². The van der Waals surface area contributed by atoms with Gasteiger partial charge in [-0.2, -0.15) is 5.10 Å². The van der Waals surface area contributed by atoms with E-state index in [0.717, 1.165) is 23.9 Å². The van der Waals surface area contributed by atoms with Crippen LogP contribution < -0.4 is 10.9 Å². The van der Waals surface area contributed by atoms with Crippen LogP contribution in [0.25, 0.3) is 10.8 Å². The predicted molar refractivity (Wildman–Crippen MR) is 73.7 cm³/mol. The summed E-state index contributed by atoms with van der Waals surface area (Å²) in [5.41, 5.74) is -0.00329. The quantitative estimate of drug-likeness (QED) is 0.871. The van der Waals surface area contributed by atoms with Gasteiger partial charge in [-0.3, -0.25) is 4.79 Å². The van der Waals surface area contributed by atoms with E-state index in [1.807, 2.05) is 24.3 Å². The van der Waals surface area contributed by atoms with E-state index in [4.69, 9.17) is 0 Å². The Labute approximate surface area is 107 Å². The van der Waals surface area contributed by atoms with Crippen molar-refractivity contribution in [2.45, 2.75) is 20.4 Å². The number of aromatic nitrogens is 2. The van der Waals surface area contributed by atoms with Crippen molar-refractivity contribution in [1.82, 2.24) is 15.1 Å². The fraction of sp³-hybridized carbons (Fsp3) is 0.429. The molecule has 0 saturated carbocycles. The average Bonchev–Trinajstić information content (AvgIpc) is 2.40. The molecular formula is C14H19N3O. The van der Waals surface area contributed by atoms with Crippen molar-refractivity contribution in [2.75, 3.05) is 13.1 Å². The summed E-state index contributed by atoms with van der Waals surface area (Å²) >= 11 is 0. The molecule has 0 amide bonds. The number of hydrogen-bond acceptors (Lipinski definition) is 3. The van der Waals surface area contributed by atoms with Gasteiger partial charge in [-0.1, -0.05) is 32.0 Å². The average molecular weight is 245 g/mol.